The molecule has 5 heteroatoms. The summed E-state index contributed by atoms with van der Waals surface area (Å²) in [6.07, 6.45) is 1.39. The zero-order chi connectivity index (χ0) is 18.9. The quantitative estimate of drug-likeness (QED) is 0.538. The summed E-state index contributed by atoms with van der Waals surface area (Å²) in [4.78, 5) is 12.5. The van der Waals surface area contributed by atoms with Gasteiger partial charge in [0.05, 0.1) is 18.0 Å². The number of carbonyl (C=O) groups excluding carboxylic acids is 1. The third-order valence-corrected chi connectivity index (χ3v) is 4.27. The van der Waals surface area contributed by atoms with Gasteiger partial charge in [-0.05, 0) is 41.3 Å². The number of carbonyl (C=O) groups is 1. The van der Waals surface area contributed by atoms with Crippen LogP contribution in [0.2, 0.25) is 5.02 Å². The van der Waals surface area contributed by atoms with Crippen LogP contribution < -0.4 is 4.74 Å². The van der Waals surface area contributed by atoms with Crippen LogP contribution in [0.25, 0.3) is 0 Å². The molecular formula is C21H22ClFO3. The van der Waals surface area contributed by atoms with Crippen molar-refractivity contribution in [2.75, 3.05) is 13.7 Å². The first-order valence-corrected chi connectivity index (χ1v) is 8.75. The zero-order valence-electron chi connectivity index (χ0n) is 14.9. The van der Waals surface area contributed by atoms with Gasteiger partial charge in [0, 0.05) is 19.1 Å². The molecule has 0 N–H and O–H groups in total. The van der Waals surface area contributed by atoms with Gasteiger partial charge in [-0.25, -0.2) is 4.39 Å². The Kier molecular flexibility index (Phi) is 7.82. The molecule has 3 nitrogen and oxygen atoms in total. The van der Waals surface area contributed by atoms with Crippen LogP contribution in [0.1, 0.15) is 34.8 Å². The summed E-state index contributed by atoms with van der Waals surface area (Å²) in [6, 6.07) is 12.6. The fourth-order valence-electron chi connectivity index (χ4n) is 2.38. The maximum atomic E-state index is 12.6. The fourth-order valence-corrected chi connectivity index (χ4v) is 2.62. The lowest BCUT2D eigenvalue weighted by atomic mass is 10.0. The van der Waals surface area contributed by atoms with Crippen molar-refractivity contribution in [3.05, 3.63) is 76.1 Å². The van der Waals surface area contributed by atoms with E-state index in [0.717, 1.165) is 11.1 Å². The molecule has 0 fully saturated rings. The number of halogens is 2. The Balaban J connectivity index is 2.02. The molecule has 2 aromatic rings. The molecule has 0 aliphatic carbocycles. The van der Waals surface area contributed by atoms with E-state index in [0.29, 0.717) is 41.3 Å². The SMILES string of the molecule is CCC(=CF)COc1ccc(C(=O)Cc2ccc(COC)cc2)cc1Cl. The van der Waals surface area contributed by atoms with E-state index in [1.54, 1.807) is 25.3 Å². The number of ether oxygens (including phenoxy) is 2. The first kappa shape index (κ1) is 20.1. The molecule has 0 unspecified atom stereocenters. The van der Waals surface area contributed by atoms with Crippen LogP contribution in [0.4, 0.5) is 4.39 Å². The second kappa shape index (κ2) is 10.1. The molecule has 0 amide bonds. The predicted molar refractivity (Wildman–Crippen MR) is 102 cm³/mol. The number of methoxy groups -OCH3 is 1. The summed E-state index contributed by atoms with van der Waals surface area (Å²) in [5.74, 6) is 0.399. The fraction of sp³-hybridized carbons (Fsp3) is 0.286. The van der Waals surface area contributed by atoms with Gasteiger partial charge in [-0.1, -0.05) is 42.8 Å². The molecule has 2 rings (SSSR count). The molecule has 2 aromatic carbocycles. The van der Waals surface area contributed by atoms with Gasteiger partial charge in [-0.2, -0.15) is 0 Å². The molecule has 0 spiro atoms. The summed E-state index contributed by atoms with van der Waals surface area (Å²) in [7, 11) is 1.64. The van der Waals surface area contributed by atoms with Gasteiger partial charge < -0.3 is 9.47 Å². The smallest absolute Gasteiger partial charge is 0.167 e. The van der Waals surface area contributed by atoms with Crippen LogP contribution in [-0.2, 0) is 17.8 Å². The van der Waals surface area contributed by atoms with E-state index in [1.807, 2.05) is 31.2 Å². The monoisotopic (exact) mass is 376 g/mol. The van der Waals surface area contributed by atoms with Crippen molar-refractivity contribution >= 4 is 17.4 Å². The maximum Gasteiger partial charge on any atom is 0.167 e. The van der Waals surface area contributed by atoms with Crippen molar-refractivity contribution in [3.8, 4) is 5.75 Å². The zero-order valence-corrected chi connectivity index (χ0v) is 15.7. The molecule has 0 radical (unpaired) electrons. The molecular weight excluding hydrogens is 355 g/mol. The third kappa shape index (κ3) is 5.68. The average Bonchev–Trinajstić information content (AvgIpc) is 2.65. The summed E-state index contributed by atoms with van der Waals surface area (Å²) < 4.78 is 23.2. The van der Waals surface area contributed by atoms with Crippen LogP contribution >= 0.6 is 11.6 Å². The Bertz CT molecular complexity index is 769. The van der Waals surface area contributed by atoms with Gasteiger partial charge in [0.2, 0.25) is 0 Å². The Morgan fingerprint density at radius 2 is 1.85 bits per heavy atom. The minimum Gasteiger partial charge on any atom is -0.488 e. The van der Waals surface area contributed by atoms with E-state index in [-0.39, 0.29) is 18.8 Å². The number of rotatable bonds is 9. The van der Waals surface area contributed by atoms with Crippen molar-refractivity contribution in [1.82, 2.24) is 0 Å². The van der Waals surface area contributed by atoms with E-state index in [1.165, 1.54) is 0 Å². The molecule has 0 aromatic heterocycles. The lowest BCUT2D eigenvalue weighted by molar-refractivity contribution is 0.0993. The van der Waals surface area contributed by atoms with Gasteiger partial charge >= 0.3 is 0 Å². The lowest BCUT2D eigenvalue weighted by Crippen LogP contribution is -2.05. The van der Waals surface area contributed by atoms with E-state index in [9.17, 15) is 9.18 Å². The second-order valence-corrected chi connectivity index (χ2v) is 6.31. The summed E-state index contributed by atoms with van der Waals surface area (Å²) >= 11 is 6.20. The molecule has 0 aliphatic rings. The average molecular weight is 377 g/mol. The summed E-state index contributed by atoms with van der Waals surface area (Å²) in [5.41, 5.74) is 3.03. The second-order valence-electron chi connectivity index (χ2n) is 5.90. The highest BCUT2D eigenvalue weighted by Crippen LogP contribution is 2.27. The van der Waals surface area contributed by atoms with Crippen molar-refractivity contribution < 1.29 is 18.7 Å². The van der Waals surface area contributed by atoms with Gasteiger partial charge in [-0.3, -0.25) is 4.79 Å². The van der Waals surface area contributed by atoms with E-state index < -0.39 is 0 Å². The Morgan fingerprint density at radius 1 is 1.15 bits per heavy atom. The third-order valence-electron chi connectivity index (χ3n) is 3.97. The Labute approximate surface area is 158 Å². The molecule has 0 aliphatic heterocycles. The van der Waals surface area contributed by atoms with Crippen molar-refractivity contribution in [2.45, 2.75) is 26.4 Å². The van der Waals surface area contributed by atoms with Crippen LogP contribution in [-0.4, -0.2) is 19.5 Å². The number of hydrogen-bond acceptors (Lipinski definition) is 3. The highest BCUT2D eigenvalue weighted by molar-refractivity contribution is 6.32. The standard InChI is InChI=1S/C21H22ClFO3/c1-3-15(12-23)14-26-21-9-8-18(11-19(21)22)20(24)10-16-4-6-17(7-5-16)13-25-2/h4-9,11-12H,3,10,13-14H2,1-2H3. The minimum atomic E-state index is -0.0316. The molecule has 26 heavy (non-hydrogen) atoms. The van der Waals surface area contributed by atoms with Gasteiger partial charge in [0.25, 0.3) is 0 Å². The molecule has 0 heterocycles. The Hall–Kier alpha value is -2.17. The van der Waals surface area contributed by atoms with Gasteiger partial charge in [0.1, 0.15) is 12.4 Å². The maximum absolute atomic E-state index is 12.6. The van der Waals surface area contributed by atoms with Crippen LogP contribution in [0.15, 0.2) is 54.4 Å². The minimum absolute atomic E-state index is 0.0316. The number of benzene rings is 2. The lowest BCUT2D eigenvalue weighted by Gasteiger charge is -2.10. The summed E-state index contributed by atoms with van der Waals surface area (Å²) in [5, 5.41) is 0.334. The van der Waals surface area contributed by atoms with Crippen molar-refractivity contribution in [1.29, 1.82) is 0 Å². The summed E-state index contributed by atoms with van der Waals surface area (Å²) in [6.45, 7) is 2.52. The highest BCUT2D eigenvalue weighted by atomic mass is 35.5. The van der Waals surface area contributed by atoms with E-state index in [2.05, 4.69) is 0 Å². The van der Waals surface area contributed by atoms with Crippen LogP contribution in [0.5, 0.6) is 5.75 Å². The van der Waals surface area contributed by atoms with Crippen LogP contribution in [0.3, 0.4) is 0 Å². The first-order chi connectivity index (χ1) is 12.6. The first-order valence-electron chi connectivity index (χ1n) is 8.37. The predicted octanol–water partition coefficient (Wildman–Crippen LogP) is 5.55. The number of hydrogen-bond donors (Lipinski definition) is 0. The largest absolute Gasteiger partial charge is 0.488 e. The topological polar surface area (TPSA) is 35.5 Å². The normalized spacial score (nSPS) is 11.5. The molecule has 0 saturated carbocycles. The van der Waals surface area contributed by atoms with Crippen molar-refractivity contribution in [2.24, 2.45) is 0 Å². The Morgan fingerprint density at radius 3 is 2.42 bits per heavy atom. The van der Waals surface area contributed by atoms with Crippen molar-refractivity contribution in [3.63, 3.8) is 0 Å². The number of ketones is 1. The van der Waals surface area contributed by atoms with E-state index >= 15 is 0 Å². The van der Waals surface area contributed by atoms with Gasteiger partial charge in [-0.15, -0.1) is 0 Å². The molecule has 0 bridgehead atoms. The highest BCUT2D eigenvalue weighted by Gasteiger charge is 2.11. The molecule has 0 saturated heterocycles. The molecule has 0 atom stereocenters. The van der Waals surface area contributed by atoms with Crippen LogP contribution in [0, 0.1) is 0 Å². The molecule has 138 valence electrons. The number of Topliss-reactive ketones (excluding diaryl/α,β-unsaturated/α-hetero) is 1. The van der Waals surface area contributed by atoms with Gasteiger partial charge in [0.15, 0.2) is 5.78 Å². The van der Waals surface area contributed by atoms with E-state index in [4.69, 9.17) is 21.1 Å².